The molecule has 1 aliphatic carbocycles. The van der Waals surface area contributed by atoms with Gasteiger partial charge in [-0.3, -0.25) is 0 Å². The minimum absolute atomic E-state index is 0.0326. The molecule has 0 saturated carbocycles. The highest BCUT2D eigenvalue weighted by molar-refractivity contribution is 6.11. The largest absolute Gasteiger partial charge is 0.379 e. The second-order valence-electron chi connectivity index (χ2n) is 4.65. The van der Waals surface area contributed by atoms with Gasteiger partial charge in [0.2, 0.25) is 0 Å². The van der Waals surface area contributed by atoms with Crippen LogP contribution in [0.5, 0.6) is 0 Å². The van der Waals surface area contributed by atoms with Crippen molar-refractivity contribution in [2.75, 3.05) is 0 Å². The fraction of sp³-hybridized carbons (Fsp3) is 0.111. The first-order chi connectivity index (χ1) is 9.33. The summed E-state index contributed by atoms with van der Waals surface area (Å²) in [6.07, 6.45) is 4.62. The lowest BCUT2D eigenvalue weighted by molar-refractivity contribution is 0.223. The molecular weight excluding hydrogens is 232 g/mol. The molecule has 19 heavy (non-hydrogen) atoms. The molecule has 0 aliphatic heterocycles. The summed E-state index contributed by atoms with van der Waals surface area (Å²) in [6.45, 7) is 0. The van der Waals surface area contributed by atoms with E-state index in [2.05, 4.69) is 30.2 Å². The molecule has 1 aliphatic rings. The highest BCUT2D eigenvalue weighted by Crippen LogP contribution is 2.54. The van der Waals surface area contributed by atoms with Gasteiger partial charge in [-0.2, -0.15) is 0 Å². The van der Waals surface area contributed by atoms with E-state index in [4.69, 9.17) is 6.42 Å². The third kappa shape index (κ3) is 2.07. The smallest absolute Gasteiger partial charge is 0.125 e. The van der Waals surface area contributed by atoms with Gasteiger partial charge in [0.25, 0.3) is 0 Å². The van der Waals surface area contributed by atoms with E-state index in [0.29, 0.717) is 0 Å². The number of benzene rings is 2. The molecule has 0 radical (unpaired) electrons. The Hall–Kier alpha value is -2.30. The van der Waals surface area contributed by atoms with Crippen LogP contribution in [0.15, 0.2) is 60.7 Å². The summed E-state index contributed by atoms with van der Waals surface area (Å²) in [6, 6.07) is 20.2. The molecule has 1 nitrogen and oxygen atoms in total. The Balaban J connectivity index is 2.03. The van der Waals surface area contributed by atoms with E-state index >= 15 is 0 Å². The van der Waals surface area contributed by atoms with Crippen LogP contribution in [-0.4, -0.2) is 11.2 Å². The van der Waals surface area contributed by atoms with Crippen molar-refractivity contribution in [2.45, 2.75) is 6.10 Å². The van der Waals surface area contributed by atoms with E-state index in [9.17, 15) is 5.11 Å². The summed E-state index contributed by atoms with van der Waals surface area (Å²) in [7, 11) is 0. The molecule has 0 saturated heterocycles. The standard InChI is InChI=1S/C18H14O/c1-2-15(19)18-16(13-9-5-3-6-10-13)17(18)14-11-7-4-8-12-14/h1,3-12,15,18-19H. The monoisotopic (exact) mass is 246 g/mol. The molecule has 0 fully saturated rings. The Kier molecular flexibility index (Phi) is 2.95. The van der Waals surface area contributed by atoms with E-state index in [1.807, 2.05) is 36.4 Å². The van der Waals surface area contributed by atoms with Gasteiger partial charge in [0, 0.05) is 5.92 Å². The zero-order chi connectivity index (χ0) is 13.2. The van der Waals surface area contributed by atoms with Crippen LogP contribution in [0.2, 0.25) is 0 Å². The van der Waals surface area contributed by atoms with Crippen LogP contribution in [0.25, 0.3) is 11.1 Å². The molecule has 1 heteroatoms. The maximum Gasteiger partial charge on any atom is 0.125 e. The SMILES string of the molecule is C#CC(O)C1C(c2ccccc2)=C1c1ccccc1. The molecule has 1 atom stereocenters. The molecule has 0 heterocycles. The van der Waals surface area contributed by atoms with Gasteiger partial charge in [-0.05, 0) is 22.3 Å². The van der Waals surface area contributed by atoms with Gasteiger partial charge >= 0.3 is 0 Å². The Morgan fingerprint density at radius 2 is 1.26 bits per heavy atom. The highest BCUT2D eigenvalue weighted by Gasteiger charge is 2.42. The lowest BCUT2D eigenvalue weighted by Crippen LogP contribution is -2.08. The molecule has 1 unspecified atom stereocenters. The number of terminal acetylenes is 1. The second kappa shape index (κ2) is 4.76. The maximum atomic E-state index is 9.98. The Labute approximate surface area is 113 Å². The molecule has 0 spiro atoms. The van der Waals surface area contributed by atoms with Crippen LogP contribution < -0.4 is 0 Å². The molecular formula is C18H14O. The van der Waals surface area contributed by atoms with E-state index in [1.165, 1.54) is 0 Å². The van der Waals surface area contributed by atoms with Gasteiger partial charge in [-0.1, -0.05) is 66.6 Å². The van der Waals surface area contributed by atoms with Crippen molar-refractivity contribution < 1.29 is 5.11 Å². The topological polar surface area (TPSA) is 20.2 Å². The maximum absolute atomic E-state index is 9.98. The number of rotatable bonds is 3. The summed E-state index contributed by atoms with van der Waals surface area (Å²) >= 11 is 0. The van der Waals surface area contributed by atoms with Crippen LogP contribution in [0.3, 0.4) is 0 Å². The number of hydrogen-bond acceptors (Lipinski definition) is 1. The second-order valence-corrected chi connectivity index (χ2v) is 4.65. The molecule has 0 bridgehead atoms. The normalized spacial score (nSPS) is 16.0. The van der Waals surface area contributed by atoms with Crippen molar-refractivity contribution in [1.82, 2.24) is 0 Å². The quantitative estimate of drug-likeness (QED) is 0.824. The van der Waals surface area contributed by atoms with Gasteiger partial charge in [-0.25, -0.2) is 0 Å². The first kappa shape index (κ1) is 11.8. The minimum Gasteiger partial charge on any atom is -0.379 e. The van der Waals surface area contributed by atoms with Crippen molar-refractivity contribution in [2.24, 2.45) is 5.92 Å². The fourth-order valence-electron chi connectivity index (χ4n) is 2.56. The summed E-state index contributed by atoms with van der Waals surface area (Å²) in [5.74, 6) is 2.41. The Bertz CT molecular complexity index is 598. The zero-order valence-corrected chi connectivity index (χ0v) is 10.5. The van der Waals surface area contributed by atoms with Crippen LogP contribution in [0, 0.1) is 18.3 Å². The first-order valence-corrected chi connectivity index (χ1v) is 6.32. The van der Waals surface area contributed by atoms with Crippen LogP contribution in [-0.2, 0) is 0 Å². The van der Waals surface area contributed by atoms with E-state index in [1.54, 1.807) is 0 Å². The summed E-state index contributed by atoms with van der Waals surface area (Å²) < 4.78 is 0. The average Bonchev–Trinajstić information content (AvgIpc) is 3.24. The van der Waals surface area contributed by atoms with Gasteiger partial charge in [0.15, 0.2) is 0 Å². The molecule has 0 amide bonds. The lowest BCUT2D eigenvalue weighted by Gasteiger charge is -2.04. The molecule has 2 aromatic carbocycles. The van der Waals surface area contributed by atoms with Gasteiger partial charge < -0.3 is 5.11 Å². The van der Waals surface area contributed by atoms with Crippen molar-refractivity contribution in [1.29, 1.82) is 0 Å². The number of aliphatic hydroxyl groups is 1. The highest BCUT2D eigenvalue weighted by atomic mass is 16.3. The van der Waals surface area contributed by atoms with E-state index in [0.717, 1.165) is 22.3 Å². The Morgan fingerprint density at radius 3 is 1.63 bits per heavy atom. The minimum atomic E-state index is -0.745. The third-order valence-corrected chi connectivity index (χ3v) is 3.48. The van der Waals surface area contributed by atoms with Crippen molar-refractivity contribution in [3.63, 3.8) is 0 Å². The Morgan fingerprint density at radius 1 is 0.842 bits per heavy atom. The fourth-order valence-corrected chi connectivity index (χ4v) is 2.56. The molecule has 1 N–H and O–H groups in total. The van der Waals surface area contributed by atoms with E-state index < -0.39 is 6.10 Å². The first-order valence-electron chi connectivity index (χ1n) is 6.32. The molecule has 0 aromatic heterocycles. The lowest BCUT2D eigenvalue weighted by atomic mass is 10.0. The molecule has 3 rings (SSSR count). The van der Waals surface area contributed by atoms with Gasteiger partial charge in [-0.15, -0.1) is 6.42 Å². The van der Waals surface area contributed by atoms with Crippen LogP contribution >= 0.6 is 0 Å². The van der Waals surface area contributed by atoms with E-state index in [-0.39, 0.29) is 5.92 Å². The third-order valence-electron chi connectivity index (χ3n) is 3.48. The van der Waals surface area contributed by atoms with Crippen LogP contribution in [0.1, 0.15) is 11.1 Å². The molecule has 2 aromatic rings. The predicted octanol–water partition coefficient (Wildman–Crippen LogP) is 3.22. The van der Waals surface area contributed by atoms with Crippen molar-refractivity contribution >= 4 is 11.1 Å². The summed E-state index contributed by atoms with van der Waals surface area (Å²) in [4.78, 5) is 0. The van der Waals surface area contributed by atoms with Crippen LogP contribution in [0.4, 0.5) is 0 Å². The van der Waals surface area contributed by atoms with Crippen molar-refractivity contribution in [3.8, 4) is 12.3 Å². The summed E-state index contributed by atoms with van der Waals surface area (Å²) in [5.41, 5.74) is 4.61. The zero-order valence-electron chi connectivity index (χ0n) is 10.5. The molecule has 92 valence electrons. The van der Waals surface area contributed by atoms with Crippen molar-refractivity contribution in [3.05, 3.63) is 71.8 Å². The van der Waals surface area contributed by atoms with Gasteiger partial charge in [0.05, 0.1) is 0 Å². The summed E-state index contributed by atoms with van der Waals surface area (Å²) in [5, 5.41) is 9.98. The average molecular weight is 246 g/mol. The number of hydrogen-bond donors (Lipinski definition) is 1. The van der Waals surface area contributed by atoms with Gasteiger partial charge in [0.1, 0.15) is 6.10 Å². The number of aliphatic hydroxyl groups excluding tert-OH is 1. The predicted molar refractivity (Wildman–Crippen MR) is 78.0 cm³/mol.